The Labute approximate surface area is 292 Å². The molecule has 51 heavy (non-hydrogen) atoms. The molecular weight excluding hydrogens is 619 g/mol. The minimum absolute atomic E-state index is 0.469. The zero-order chi connectivity index (χ0) is 32.8. The minimum Gasteiger partial charge on any atom is -0.187 e. The first kappa shape index (κ1) is 25.4. The van der Waals surface area contributed by atoms with Crippen molar-refractivity contribution in [2.45, 2.75) is 11.1 Å². The van der Waals surface area contributed by atoms with Gasteiger partial charge in [0.2, 0.25) is 5.69 Å². The summed E-state index contributed by atoms with van der Waals surface area (Å²) in [5.41, 5.74) is 17.5. The first-order valence-electron chi connectivity index (χ1n) is 18.0. The van der Waals surface area contributed by atoms with Crippen molar-refractivity contribution in [1.82, 2.24) is 4.40 Å². The monoisotopic (exact) mass is 645 g/mol. The number of imidazole rings is 1. The van der Waals surface area contributed by atoms with Gasteiger partial charge in [-0.05, 0) is 80.6 Å². The van der Waals surface area contributed by atoms with E-state index in [-0.39, 0.29) is 0 Å². The Balaban J connectivity index is 1.34. The molecule has 2 aliphatic carbocycles. The average Bonchev–Trinajstić information content (AvgIpc) is 3.89. The van der Waals surface area contributed by atoms with Gasteiger partial charge in [0.05, 0.1) is 27.5 Å². The second-order valence-electron chi connectivity index (χ2n) is 14.8. The SMILES string of the molecule is c1ccc2c(c1)-c1ccccc1C21c2cccc3c2C2(c4c1ccc1c5cc6ccccc6cc5n5c6ccccc6[n+]2c5c41)[n+]1ccccc1-3. The summed E-state index contributed by atoms with van der Waals surface area (Å²) in [5, 5.41) is 6.50. The lowest BCUT2D eigenvalue weighted by molar-refractivity contribution is -0.940. The minimum atomic E-state index is -0.609. The van der Waals surface area contributed by atoms with E-state index in [0.29, 0.717) is 0 Å². The molecule has 1 unspecified atom stereocenters. The van der Waals surface area contributed by atoms with Gasteiger partial charge in [0, 0.05) is 22.9 Å². The molecule has 2 aliphatic heterocycles. The molecule has 0 fully saturated rings. The number of hydrogen-bond acceptors (Lipinski definition) is 0. The van der Waals surface area contributed by atoms with E-state index in [2.05, 4.69) is 177 Å². The van der Waals surface area contributed by atoms with E-state index < -0.39 is 11.1 Å². The second kappa shape index (κ2) is 8.07. The lowest BCUT2D eigenvalue weighted by Gasteiger charge is -2.42. The number of hydrogen-bond donors (Lipinski definition) is 0. The molecule has 232 valence electrons. The van der Waals surface area contributed by atoms with E-state index in [1.54, 1.807) is 0 Å². The standard InChI is InChI=1S/C48H27N3/c1-2-13-29-27-42-34(26-28(29)12-1)32-23-24-38-45-43(32)46-50(42)40-21-7-8-22-41(40)51(46)48(45)44-33(39-20-9-10-25-49(39)48)16-11-19-37(44)47(38)35-17-5-3-14-30(35)31-15-4-6-18-36(31)47/h1-27H/q+2. The average molecular weight is 646 g/mol. The van der Waals surface area contributed by atoms with Crippen molar-refractivity contribution >= 4 is 49.1 Å². The van der Waals surface area contributed by atoms with Crippen LogP contribution in [0.5, 0.6) is 0 Å². The van der Waals surface area contributed by atoms with Gasteiger partial charge in [0.25, 0.3) is 0 Å². The Morgan fingerprint density at radius 3 is 1.98 bits per heavy atom. The first-order valence-corrected chi connectivity index (χ1v) is 18.0. The third kappa shape index (κ3) is 2.42. The Hall–Kier alpha value is -6.58. The topological polar surface area (TPSA) is 12.2 Å². The fourth-order valence-corrected chi connectivity index (χ4v) is 11.4. The molecule has 4 aliphatic rings. The number of pyridine rings is 2. The van der Waals surface area contributed by atoms with Crippen LogP contribution in [0.1, 0.15) is 33.4 Å². The first-order chi connectivity index (χ1) is 25.3. The van der Waals surface area contributed by atoms with Gasteiger partial charge in [-0.15, -0.1) is 9.13 Å². The third-order valence-electron chi connectivity index (χ3n) is 12.9. The highest BCUT2D eigenvalue weighted by atomic mass is 15.3. The normalized spacial score (nSPS) is 17.6. The van der Waals surface area contributed by atoms with Crippen molar-refractivity contribution < 1.29 is 9.13 Å². The highest BCUT2D eigenvalue weighted by Gasteiger charge is 2.71. The fourth-order valence-electron chi connectivity index (χ4n) is 11.4. The van der Waals surface area contributed by atoms with Crippen molar-refractivity contribution in [3.8, 4) is 22.4 Å². The Bertz CT molecular complexity index is 3280. The molecule has 0 N–H and O–H groups in total. The van der Waals surface area contributed by atoms with Gasteiger partial charge in [0.1, 0.15) is 5.52 Å². The summed E-state index contributed by atoms with van der Waals surface area (Å²) in [6, 6.07) is 59.9. The van der Waals surface area contributed by atoms with Gasteiger partial charge < -0.3 is 0 Å². The molecule has 0 bridgehead atoms. The Morgan fingerprint density at radius 2 is 1.14 bits per heavy atom. The number of rotatable bonds is 0. The van der Waals surface area contributed by atoms with Crippen LogP contribution in [0.4, 0.5) is 0 Å². The summed E-state index contributed by atoms with van der Waals surface area (Å²) in [5.74, 6) is 0. The number of benzene rings is 7. The number of aromatic nitrogens is 3. The maximum Gasteiger partial charge on any atom is 0.365 e. The predicted octanol–water partition coefficient (Wildman–Crippen LogP) is 9.40. The molecule has 0 saturated carbocycles. The van der Waals surface area contributed by atoms with E-state index in [1.807, 2.05) is 0 Å². The van der Waals surface area contributed by atoms with Gasteiger partial charge in [-0.1, -0.05) is 109 Å². The van der Waals surface area contributed by atoms with Crippen molar-refractivity contribution in [3.63, 3.8) is 0 Å². The zero-order valence-corrected chi connectivity index (χ0v) is 27.4. The molecule has 1 atom stereocenters. The molecule has 2 spiro atoms. The summed E-state index contributed by atoms with van der Waals surface area (Å²) >= 11 is 0. The van der Waals surface area contributed by atoms with E-state index in [4.69, 9.17) is 0 Å². The van der Waals surface area contributed by atoms with Crippen molar-refractivity contribution in [3.05, 3.63) is 197 Å². The molecule has 3 aromatic heterocycles. The van der Waals surface area contributed by atoms with Crippen LogP contribution in [0.15, 0.2) is 164 Å². The lowest BCUT2D eigenvalue weighted by Crippen LogP contribution is -2.73. The van der Waals surface area contributed by atoms with Crippen LogP contribution >= 0.6 is 0 Å². The molecular formula is C48H27N3+2. The van der Waals surface area contributed by atoms with E-state index in [0.717, 1.165) is 0 Å². The summed E-state index contributed by atoms with van der Waals surface area (Å²) in [6.07, 6.45) is 2.33. The Kier molecular flexibility index (Phi) is 4.02. The van der Waals surface area contributed by atoms with Crippen LogP contribution < -0.4 is 9.13 Å². The van der Waals surface area contributed by atoms with Crippen LogP contribution in [0.3, 0.4) is 0 Å². The molecule has 0 saturated heterocycles. The molecule has 3 heteroatoms. The van der Waals surface area contributed by atoms with Gasteiger partial charge in [-0.3, -0.25) is 0 Å². The highest BCUT2D eigenvalue weighted by Crippen LogP contribution is 2.65. The zero-order valence-electron chi connectivity index (χ0n) is 27.4. The largest absolute Gasteiger partial charge is 0.365 e. The van der Waals surface area contributed by atoms with Gasteiger partial charge in [-0.2, -0.15) is 4.40 Å². The van der Waals surface area contributed by atoms with Crippen LogP contribution in [0.2, 0.25) is 0 Å². The van der Waals surface area contributed by atoms with Crippen molar-refractivity contribution in [2.75, 3.05) is 0 Å². The summed E-state index contributed by atoms with van der Waals surface area (Å²) < 4.78 is 7.91. The van der Waals surface area contributed by atoms with Crippen molar-refractivity contribution in [2.24, 2.45) is 0 Å². The van der Waals surface area contributed by atoms with Crippen LogP contribution in [0.25, 0.3) is 71.5 Å². The number of para-hydroxylation sites is 2. The highest BCUT2D eigenvalue weighted by molar-refractivity contribution is 6.18. The fraction of sp³-hybridized carbons (Fsp3) is 0.0417. The van der Waals surface area contributed by atoms with Crippen LogP contribution in [-0.2, 0) is 11.1 Å². The Morgan fingerprint density at radius 1 is 0.471 bits per heavy atom. The summed E-state index contributed by atoms with van der Waals surface area (Å²) in [6.45, 7) is 0. The molecule has 10 aromatic rings. The lowest BCUT2D eigenvalue weighted by atomic mass is 9.58. The second-order valence-corrected chi connectivity index (χ2v) is 14.8. The maximum absolute atomic E-state index is 2.72. The third-order valence-corrected chi connectivity index (χ3v) is 12.9. The van der Waals surface area contributed by atoms with Gasteiger partial charge in [-0.25, -0.2) is 0 Å². The van der Waals surface area contributed by atoms with E-state index in [1.165, 1.54) is 105 Å². The van der Waals surface area contributed by atoms with Crippen LogP contribution in [0, 0.1) is 0 Å². The van der Waals surface area contributed by atoms with E-state index in [9.17, 15) is 0 Å². The molecule has 7 aromatic carbocycles. The molecule has 14 rings (SSSR count). The smallest absolute Gasteiger partial charge is 0.187 e. The van der Waals surface area contributed by atoms with Gasteiger partial charge >= 0.3 is 11.3 Å². The molecule has 0 radical (unpaired) electrons. The van der Waals surface area contributed by atoms with Gasteiger partial charge in [0.15, 0.2) is 17.2 Å². The quantitative estimate of drug-likeness (QED) is 0.0885. The predicted molar refractivity (Wildman–Crippen MR) is 202 cm³/mol. The summed E-state index contributed by atoms with van der Waals surface area (Å²) in [7, 11) is 0. The molecule has 0 amide bonds. The number of nitrogens with zero attached hydrogens (tertiary/aromatic N) is 3. The summed E-state index contributed by atoms with van der Waals surface area (Å²) in [4.78, 5) is 0. The molecule has 3 nitrogen and oxygen atoms in total. The van der Waals surface area contributed by atoms with E-state index >= 15 is 0 Å². The van der Waals surface area contributed by atoms with Crippen molar-refractivity contribution in [1.29, 1.82) is 0 Å². The maximum atomic E-state index is 2.72. The van der Waals surface area contributed by atoms with Crippen LogP contribution in [-0.4, -0.2) is 4.40 Å². The number of fused-ring (bicyclic) bond motifs is 16. The molecule has 5 heterocycles.